The number of aliphatic hydroxyl groups is 1. The zero-order valence-electron chi connectivity index (χ0n) is 17.3. The molecular weight excluding hydrogens is 364 g/mol. The third kappa shape index (κ3) is 2.98. The molecule has 0 heterocycles. The number of fused-ring (bicyclic) bond motifs is 5. The number of carbonyl (C=O) groups is 2. The average molecular weight is 397 g/mol. The predicted molar refractivity (Wildman–Crippen MR) is 109 cm³/mol. The van der Waals surface area contributed by atoms with Crippen molar-refractivity contribution in [3.63, 3.8) is 0 Å². The van der Waals surface area contributed by atoms with Gasteiger partial charge in [0.2, 0.25) is 0 Å². The Bertz CT molecular complexity index is 804. The van der Waals surface area contributed by atoms with Gasteiger partial charge < -0.3 is 9.84 Å². The molecule has 0 spiro atoms. The Hall–Kier alpha value is -1.68. The fourth-order valence-electron chi connectivity index (χ4n) is 7.54. The molecule has 0 aromatic heterocycles. The molecule has 156 valence electrons. The minimum Gasteiger partial charge on any atom is -0.459 e. The number of Topliss-reactive ketones (excluding diaryl/α,β-unsaturated/α-hetero) is 1. The van der Waals surface area contributed by atoms with Gasteiger partial charge in [-0.15, -0.1) is 0 Å². The van der Waals surface area contributed by atoms with Gasteiger partial charge in [0.25, 0.3) is 0 Å². The van der Waals surface area contributed by atoms with Gasteiger partial charge in [0.15, 0.2) is 5.78 Å². The lowest BCUT2D eigenvalue weighted by Gasteiger charge is -2.59. The maximum Gasteiger partial charge on any atom is 0.338 e. The highest BCUT2D eigenvalue weighted by atomic mass is 16.5. The summed E-state index contributed by atoms with van der Waals surface area (Å²) in [6.45, 7) is 2.44. The molecule has 1 aromatic carbocycles. The molecule has 1 N–H and O–H groups in total. The van der Waals surface area contributed by atoms with Gasteiger partial charge in [-0.25, -0.2) is 4.79 Å². The Morgan fingerprint density at radius 3 is 2.62 bits per heavy atom. The van der Waals surface area contributed by atoms with Crippen molar-refractivity contribution >= 4 is 11.8 Å². The summed E-state index contributed by atoms with van der Waals surface area (Å²) < 4.78 is 5.88. The van der Waals surface area contributed by atoms with E-state index in [2.05, 4.69) is 6.92 Å². The number of ketones is 1. The van der Waals surface area contributed by atoms with Crippen molar-refractivity contribution in [2.45, 2.75) is 76.4 Å². The molecule has 0 unspecified atom stereocenters. The normalized spacial score (nSPS) is 43.8. The van der Waals surface area contributed by atoms with Gasteiger partial charge in [0, 0.05) is 6.42 Å². The molecule has 4 heteroatoms. The number of hydrogen-bond acceptors (Lipinski definition) is 4. The third-order valence-corrected chi connectivity index (χ3v) is 9.11. The second-order valence-corrected chi connectivity index (χ2v) is 10.2. The zero-order valence-corrected chi connectivity index (χ0v) is 17.3. The van der Waals surface area contributed by atoms with Gasteiger partial charge in [-0.2, -0.15) is 0 Å². The Balaban J connectivity index is 1.29. The van der Waals surface area contributed by atoms with E-state index in [1.165, 1.54) is 0 Å². The summed E-state index contributed by atoms with van der Waals surface area (Å²) in [4.78, 5) is 24.8. The van der Waals surface area contributed by atoms with E-state index in [0.717, 1.165) is 44.9 Å². The molecule has 5 rings (SSSR count). The van der Waals surface area contributed by atoms with Crippen LogP contribution in [0.3, 0.4) is 0 Å². The van der Waals surface area contributed by atoms with Crippen LogP contribution in [0.2, 0.25) is 0 Å². The van der Waals surface area contributed by atoms with Gasteiger partial charge in [-0.3, -0.25) is 4.79 Å². The molecule has 4 fully saturated rings. The van der Waals surface area contributed by atoms with Crippen LogP contribution in [0.1, 0.15) is 75.1 Å². The SMILES string of the molecule is C[C@]12CC[C@@H](OC(=O)c3ccccc3)C[C@@H]1CC[C@@H]1[C@@H]2CC[C@@]2(O)C(=O)CC[C@@H]12. The van der Waals surface area contributed by atoms with Crippen LogP contribution in [0.15, 0.2) is 30.3 Å². The van der Waals surface area contributed by atoms with Crippen molar-refractivity contribution in [1.29, 1.82) is 0 Å². The molecule has 0 amide bonds. The molecule has 4 nitrogen and oxygen atoms in total. The molecule has 0 radical (unpaired) electrons. The fourth-order valence-corrected chi connectivity index (χ4v) is 7.54. The molecule has 0 saturated heterocycles. The van der Waals surface area contributed by atoms with Gasteiger partial charge in [0.1, 0.15) is 11.7 Å². The molecule has 1 aromatic rings. The van der Waals surface area contributed by atoms with Crippen molar-refractivity contribution in [3.05, 3.63) is 35.9 Å². The van der Waals surface area contributed by atoms with Crippen molar-refractivity contribution in [2.24, 2.45) is 29.1 Å². The summed E-state index contributed by atoms with van der Waals surface area (Å²) in [5, 5.41) is 11.0. The van der Waals surface area contributed by atoms with Crippen LogP contribution >= 0.6 is 0 Å². The maximum atomic E-state index is 12.5. The van der Waals surface area contributed by atoms with E-state index in [1.54, 1.807) is 0 Å². The van der Waals surface area contributed by atoms with Crippen LogP contribution in [0.25, 0.3) is 0 Å². The van der Waals surface area contributed by atoms with Crippen molar-refractivity contribution in [2.75, 3.05) is 0 Å². The van der Waals surface area contributed by atoms with Crippen LogP contribution in [0, 0.1) is 29.1 Å². The molecule has 29 heavy (non-hydrogen) atoms. The van der Waals surface area contributed by atoms with Crippen LogP contribution in [-0.4, -0.2) is 28.6 Å². The molecule has 4 aliphatic rings. The Kier molecular flexibility index (Phi) is 4.62. The lowest BCUT2D eigenvalue weighted by Crippen LogP contribution is -2.57. The van der Waals surface area contributed by atoms with Crippen LogP contribution in [-0.2, 0) is 9.53 Å². The number of carbonyl (C=O) groups excluding carboxylic acids is 2. The minimum atomic E-state index is -1.03. The van der Waals surface area contributed by atoms with Gasteiger partial charge in [-0.1, -0.05) is 25.1 Å². The van der Waals surface area contributed by atoms with Crippen LogP contribution < -0.4 is 0 Å². The number of esters is 1. The highest BCUT2D eigenvalue weighted by Gasteiger charge is 2.61. The lowest BCUT2D eigenvalue weighted by molar-refractivity contribution is -0.164. The summed E-state index contributed by atoms with van der Waals surface area (Å²) in [5.74, 6) is 1.67. The third-order valence-electron chi connectivity index (χ3n) is 9.11. The Morgan fingerprint density at radius 1 is 1.03 bits per heavy atom. The molecule has 0 bridgehead atoms. The van der Waals surface area contributed by atoms with E-state index in [9.17, 15) is 14.7 Å². The quantitative estimate of drug-likeness (QED) is 0.745. The molecule has 7 atom stereocenters. The van der Waals surface area contributed by atoms with E-state index in [-0.39, 0.29) is 29.2 Å². The summed E-state index contributed by atoms with van der Waals surface area (Å²) in [7, 11) is 0. The first-order valence-electron chi connectivity index (χ1n) is 11.4. The molecule has 0 aliphatic heterocycles. The highest BCUT2D eigenvalue weighted by molar-refractivity contribution is 5.90. The lowest BCUT2D eigenvalue weighted by atomic mass is 9.46. The Labute approximate surface area is 173 Å². The summed E-state index contributed by atoms with van der Waals surface area (Å²) in [6, 6.07) is 9.27. The summed E-state index contributed by atoms with van der Waals surface area (Å²) in [5.41, 5.74) is -0.166. The van der Waals surface area contributed by atoms with Gasteiger partial charge >= 0.3 is 5.97 Å². The number of benzene rings is 1. The van der Waals surface area contributed by atoms with Crippen LogP contribution in [0.4, 0.5) is 0 Å². The fraction of sp³-hybridized carbons (Fsp3) is 0.680. The van der Waals surface area contributed by atoms with E-state index in [0.29, 0.717) is 36.2 Å². The topological polar surface area (TPSA) is 63.6 Å². The van der Waals surface area contributed by atoms with Crippen molar-refractivity contribution in [3.8, 4) is 0 Å². The first-order valence-corrected chi connectivity index (χ1v) is 11.4. The number of ether oxygens (including phenoxy) is 1. The zero-order chi connectivity index (χ0) is 20.2. The van der Waals surface area contributed by atoms with E-state index < -0.39 is 5.60 Å². The number of rotatable bonds is 2. The van der Waals surface area contributed by atoms with Gasteiger partial charge in [-0.05, 0) is 92.6 Å². The summed E-state index contributed by atoms with van der Waals surface area (Å²) >= 11 is 0. The van der Waals surface area contributed by atoms with E-state index >= 15 is 0 Å². The minimum absolute atomic E-state index is 0.00547. The monoisotopic (exact) mass is 396 g/mol. The molecule has 4 saturated carbocycles. The smallest absolute Gasteiger partial charge is 0.338 e. The van der Waals surface area contributed by atoms with Gasteiger partial charge in [0.05, 0.1) is 5.56 Å². The maximum absolute atomic E-state index is 12.5. The predicted octanol–water partition coefficient (Wildman–Crippen LogP) is 4.55. The molecule has 4 aliphatic carbocycles. The van der Waals surface area contributed by atoms with E-state index in [1.807, 2.05) is 30.3 Å². The first-order chi connectivity index (χ1) is 13.9. The van der Waals surface area contributed by atoms with Crippen LogP contribution in [0.5, 0.6) is 0 Å². The second-order valence-electron chi connectivity index (χ2n) is 10.2. The summed E-state index contributed by atoms with van der Waals surface area (Å²) in [6.07, 6.45) is 8.21. The Morgan fingerprint density at radius 2 is 1.83 bits per heavy atom. The second kappa shape index (κ2) is 6.94. The largest absolute Gasteiger partial charge is 0.459 e. The number of hydrogen-bond donors (Lipinski definition) is 1. The first kappa shape index (κ1) is 19.3. The van der Waals surface area contributed by atoms with E-state index in [4.69, 9.17) is 4.74 Å². The average Bonchev–Trinajstić information content (AvgIpc) is 3.03. The highest BCUT2D eigenvalue weighted by Crippen LogP contribution is 2.63. The standard InChI is InChI=1S/C25H32O4/c1-24-13-11-18(29-23(27)16-5-3-2-4-6-16)15-17(24)7-8-19-20(24)12-14-25(28)21(19)9-10-22(25)26/h2-6,17-21,28H,7-15H2,1H3/t17-,18+,19+,20-,21-,24-,25-/m0/s1. The molecular formula is C25H32O4. The van der Waals surface area contributed by atoms with Crippen molar-refractivity contribution < 1.29 is 19.4 Å². The van der Waals surface area contributed by atoms with Crippen molar-refractivity contribution in [1.82, 2.24) is 0 Å².